The molecule has 1 aromatic rings. The molecule has 1 aliphatic carbocycles. The quantitative estimate of drug-likeness (QED) is 0.834. The standard InChI is InChI=1S/C17H27N/c1-13-7-8-15(10-14(13)2)12-18-16-6-5-9-17(3,4)11-16/h7-8,10,16,18H,5-6,9,11-12H2,1-4H3. The van der Waals surface area contributed by atoms with Crippen LogP contribution in [0, 0.1) is 19.3 Å². The normalized spacial score (nSPS) is 23.0. The van der Waals surface area contributed by atoms with Crippen LogP contribution in [0.15, 0.2) is 18.2 Å². The van der Waals surface area contributed by atoms with Gasteiger partial charge in [0, 0.05) is 12.6 Å². The molecule has 0 radical (unpaired) electrons. The Morgan fingerprint density at radius 2 is 2.00 bits per heavy atom. The van der Waals surface area contributed by atoms with E-state index in [2.05, 4.69) is 51.2 Å². The van der Waals surface area contributed by atoms with Gasteiger partial charge in [-0.2, -0.15) is 0 Å². The summed E-state index contributed by atoms with van der Waals surface area (Å²) in [4.78, 5) is 0. The average molecular weight is 245 g/mol. The molecule has 1 unspecified atom stereocenters. The minimum absolute atomic E-state index is 0.527. The van der Waals surface area contributed by atoms with Crippen molar-refractivity contribution in [2.24, 2.45) is 5.41 Å². The summed E-state index contributed by atoms with van der Waals surface area (Å²) >= 11 is 0. The molecule has 0 saturated heterocycles. The van der Waals surface area contributed by atoms with Crippen molar-refractivity contribution in [2.45, 2.75) is 66.0 Å². The summed E-state index contributed by atoms with van der Waals surface area (Å²) in [6, 6.07) is 7.51. The molecule has 1 heteroatoms. The molecule has 18 heavy (non-hydrogen) atoms. The van der Waals surface area contributed by atoms with Gasteiger partial charge in [-0.25, -0.2) is 0 Å². The second-order valence-electron chi connectivity index (χ2n) is 6.76. The van der Waals surface area contributed by atoms with E-state index in [1.165, 1.54) is 42.4 Å². The molecule has 2 rings (SSSR count). The van der Waals surface area contributed by atoms with Crippen LogP contribution in [0.4, 0.5) is 0 Å². The van der Waals surface area contributed by atoms with Gasteiger partial charge >= 0.3 is 0 Å². The Labute approximate surface area is 112 Å². The number of hydrogen-bond acceptors (Lipinski definition) is 1. The summed E-state index contributed by atoms with van der Waals surface area (Å²) in [5.41, 5.74) is 4.73. The van der Waals surface area contributed by atoms with E-state index >= 15 is 0 Å². The fourth-order valence-corrected chi connectivity index (χ4v) is 3.05. The largest absolute Gasteiger partial charge is 0.310 e. The fraction of sp³-hybridized carbons (Fsp3) is 0.647. The molecule has 1 aliphatic rings. The molecule has 0 bridgehead atoms. The third-order valence-corrected chi connectivity index (χ3v) is 4.37. The van der Waals surface area contributed by atoms with Gasteiger partial charge < -0.3 is 5.32 Å². The molecule has 1 N–H and O–H groups in total. The van der Waals surface area contributed by atoms with Crippen molar-refractivity contribution in [2.75, 3.05) is 0 Å². The van der Waals surface area contributed by atoms with Gasteiger partial charge in [0.2, 0.25) is 0 Å². The first-order chi connectivity index (χ1) is 8.46. The Balaban J connectivity index is 1.89. The number of hydrogen-bond donors (Lipinski definition) is 1. The van der Waals surface area contributed by atoms with Crippen molar-refractivity contribution in [1.82, 2.24) is 5.32 Å². The lowest BCUT2D eigenvalue weighted by atomic mass is 9.75. The van der Waals surface area contributed by atoms with Gasteiger partial charge in [0.25, 0.3) is 0 Å². The van der Waals surface area contributed by atoms with Crippen LogP contribution in [0.25, 0.3) is 0 Å². The summed E-state index contributed by atoms with van der Waals surface area (Å²) in [5.74, 6) is 0. The first-order valence-electron chi connectivity index (χ1n) is 7.26. The maximum absolute atomic E-state index is 3.74. The van der Waals surface area contributed by atoms with Gasteiger partial charge in [0.1, 0.15) is 0 Å². The van der Waals surface area contributed by atoms with Gasteiger partial charge in [-0.1, -0.05) is 38.5 Å². The highest BCUT2D eigenvalue weighted by atomic mass is 14.9. The maximum Gasteiger partial charge on any atom is 0.0208 e. The molecule has 100 valence electrons. The average Bonchev–Trinajstić information content (AvgIpc) is 2.29. The SMILES string of the molecule is Cc1ccc(CNC2CCCC(C)(C)C2)cc1C. The third-order valence-electron chi connectivity index (χ3n) is 4.37. The zero-order valence-corrected chi connectivity index (χ0v) is 12.3. The highest BCUT2D eigenvalue weighted by molar-refractivity contribution is 5.29. The monoisotopic (exact) mass is 245 g/mol. The number of aryl methyl sites for hydroxylation is 2. The third kappa shape index (κ3) is 3.58. The van der Waals surface area contributed by atoms with E-state index in [4.69, 9.17) is 0 Å². The van der Waals surface area contributed by atoms with Crippen LogP contribution in [-0.4, -0.2) is 6.04 Å². The Morgan fingerprint density at radius 3 is 2.67 bits per heavy atom. The summed E-state index contributed by atoms with van der Waals surface area (Å²) in [6.07, 6.45) is 5.42. The molecule has 1 aromatic carbocycles. The molecule has 1 fully saturated rings. The lowest BCUT2D eigenvalue weighted by Gasteiger charge is -2.35. The predicted octanol–water partition coefficient (Wildman–Crippen LogP) is 4.36. The van der Waals surface area contributed by atoms with Crippen molar-refractivity contribution in [3.63, 3.8) is 0 Å². The molecule has 1 nitrogen and oxygen atoms in total. The molecule has 0 amide bonds. The molecule has 0 aromatic heterocycles. The van der Waals surface area contributed by atoms with Gasteiger partial charge in [0.05, 0.1) is 0 Å². The zero-order chi connectivity index (χ0) is 13.2. The summed E-state index contributed by atoms with van der Waals surface area (Å²) in [6.45, 7) is 10.2. The first-order valence-corrected chi connectivity index (χ1v) is 7.26. The van der Waals surface area contributed by atoms with Gasteiger partial charge in [0.15, 0.2) is 0 Å². The number of rotatable bonds is 3. The zero-order valence-electron chi connectivity index (χ0n) is 12.3. The van der Waals surface area contributed by atoms with Crippen LogP contribution < -0.4 is 5.32 Å². The predicted molar refractivity (Wildman–Crippen MR) is 78.8 cm³/mol. The smallest absolute Gasteiger partial charge is 0.0208 e. The Bertz CT molecular complexity index is 406. The van der Waals surface area contributed by atoms with Crippen LogP contribution in [0.1, 0.15) is 56.2 Å². The van der Waals surface area contributed by atoms with Gasteiger partial charge in [-0.15, -0.1) is 0 Å². The molecule has 0 heterocycles. The lowest BCUT2D eigenvalue weighted by molar-refractivity contribution is 0.198. The topological polar surface area (TPSA) is 12.0 Å². The second kappa shape index (κ2) is 5.44. The van der Waals surface area contributed by atoms with Crippen molar-refractivity contribution < 1.29 is 0 Å². The van der Waals surface area contributed by atoms with E-state index in [-0.39, 0.29) is 0 Å². The Morgan fingerprint density at radius 1 is 1.22 bits per heavy atom. The van der Waals surface area contributed by atoms with Crippen molar-refractivity contribution in [1.29, 1.82) is 0 Å². The molecular formula is C17H27N. The molecular weight excluding hydrogens is 218 g/mol. The molecule has 0 aliphatic heterocycles. The van der Waals surface area contributed by atoms with Crippen LogP contribution in [0.5, 0.6) is 0 Å². The lowest BCUT2D eigenvalue weighted by Crippen LogP contribution is -2.36. The minimum atomic E-state index is 0.527. The van der Waals surface area contributed by atoms with Gasteiger partial charge in [-0.05, 0) is 55.2 Å². The second-order valence-corrected chi connectivity index (χ2v) is 6.76. The molecule has 0 spiro atoms. The summed E-state index contributed by atoms with van der Waals surface area (Å²) < 4.78 is 0. The summed E-state index contributed by atoms with van der Waals surface area (Å²) in [7, 11) is 0. The Kier molecular flexibility index (Phi) is 4.11. The van der Waals surface area contributed by atoms with Crippen LogP contribution >= 0.6 is 0 Å². The maximum atomic E-state index is 3.74. The fourth-order valence-electron chi connectivity index (χ4n) is 3.05. The van der Waals surface area contributed by atoms with Crippen molar-refractivity contribution in [3.05, 3.63) is 34.9 Å². The van der Waals surface area contributed by atoms with Crippen LogP contribution in [-0.2, 0) is 6.54 Å². The Hall–Kier alpha value is -0.820. The van der Waals surface area contributed by atoms with E-state index in [1.807, 2.05) is 0 Å². The van der Waals surface area contributed by atoms with Crippen LogP contribution in [0.3, 0.4) is 0 Å². The van der Waals surface area contributed by atoms with Crippen LogP contribution in [0.2, 0.25) is 0 Å². The van der Waals surface area contributed by atoms with E-state index in [0.717, 1.165) is 6.54 Å². The van der Waals surface area contributed by atoms with E-state index in [9.17, 15) is 0 Å². The van der Waals surface area contributed by atoms with E-state index in [1.54, 1.807) is 0 Å². The number of nitrogens with one attached hydrogen (secondary N) is 1. The van der Waals surface area contributed by atoms with E-state index < -0.39 is 0 Å². The molecule has 1 atom stereocenters. The first kappa shape index (κ1) is 13.6. The van der Waals surface area contributed by atoms with E-state index in [0.29, 0.717) is 11.5 Å². The number of benzene rings is 1. The van der Waals surface area contributed by atoms with Crippen molar-refractivity contribution >= 4 is 0 Å². The van der Waals surface area contributed by atoms with Gasteiger partial charge in [-0.3, -0.25) is 0 Å². The molecule has 1 saturated carbocycles. The minimum Gasteiger partial charge on any atom is -0.310 e. The highest BCUT2D eigenvalue weighted by Crippen LogP contribution is 2.35. The van der Waals surface area contributed by atoms with Crippen molar-refractivity contribution in [3.8, 4) is 0 Å². The highest BCUT2D eigenvalue weighted by Gasteiger charge is 2.27. The summed E-state index contributed by atoms with van der Waals surface area (Å²) in [5, 5.41) is 3.74.